The minimum absolute atomic E-state index is 0.130. The molecule has 9 rings (SSSR count). The average Bonchev–Trinajstić information content (AvgIpc) is 3.89. The number of carbonyl (C=O) groups excluding carboxylic acids is 4. The van der Waals surface area contributed by atoms with Gasteiger partial charge in [-0.1, -0.05) is 35.9 Å². The van der Waals surface area contributed by atoms with E-state index in [4.69, 9.17) is 21.1 Å². The van der Waals surface area contributed by atoms with Crippen molar-refractivity contribution in [3.63, 3.8) is 0 Å². The summed E-state index contributed by atoms with van der Waals surface area (Å²) in [7, 11) is 1.87. The van der Waals surface area contributed by atoms with E-state index in [-0.39, 0.29) is 55.2 Å². The number of ether oxygens (including phenoxy) is 2. The van der Waals surface area contributed by atoms with Crippen LogP contribution in [0.5, 0.6) is 11.5 Å². The second kappa shape index (κ2) is 18.2. The Balaban J connectivity index is 0.896. The van der Waals surface area contributed by atoms with Crippen LogP contribution in [-0.2, 0) is 40.9 Å². The minimum Gasteiger partial charge on any atom is -0.493 e. The summed E-state index contributed by atoms with van der Waals surface area (Å²) >= 11 is 7.06. The summed E-state index contributed by atoms with van der Waals surface area (Å²) in [6, 6.07) is 18.0. The number of amides is 4. The second-order valence-electron chi connectivity index (χ2n) is 17.0. The standard InChI is InChI=1S/C49H49ClFN7O8/c1-28-43(29(2)54(3)53-28)44-37(50)15-14-34-33(9-6-24-65-39-10-4-7-30-25-31(51)12-13-32(30)39)46(49(63)64)57(45(34)44)23-20-55-18-21-56(22-19-55)42(60)27-66-40-11-5-8-35-36(40)26-58(48(35)62)38-16-17-41(59)52-47(38)61/h4-5,7-8,10-15,25,38H,6,9,16-24,26-27H2,1-3H3,(H,63,64)(H,52,59,61)/t38-/m0/s1. The maximum Gasteiger partial charge on any atom is 0.352 e. The van der Waals surface area contributed by atoms with Gasteiger partial charge in [0.1, 0.15) is 29.1 Å². The number of rotatable bonds is 14. The number of aryl methyl sites for hydroxylation is 3. The number of piperazine rings is 1. The molecule has 0 bridgehead atoms. The quantitative estimate of drug-likeness (QED) is 0.0935. The molecule has 6 aromatic rings. The van der Waals surface area contributed by atoms with Gasteiger partial charge < -0.3 is 28.9 Å². The molecule has 0 saturated carbocycles. The number of carbonyl (C=O) groups is 5. The molecule has 3 aliphatic heterocycles. The number of benzene rings is 4. The third-order valence-corrected chi connectivity index (χ3v) is 13.4. The van der Waals surface area contributed by atoms with Crippen LogP contribution < -0.4 is 14.8 Å². The Morgan fingerprint density at radius 2 is 1.68 bits per heavy atom. The molecule has 2 fully saturated rings. The predicted molar refractivity (Wildman–Crippen MR) is 244 cm³/mol. The van der Waals surface area contributed by atoms with Crippen molar-refractivity contribution >= 4 is 62.9 Å². The molecule has 0 spiro atoms. The molecular weight excluding hydrogens is 869 g/mol. The van der Waals surface area contributed by atoms with Crippen LogP contribution in [0.15, 0.2) is 66.7 Å². The number of hydrogen-bond acceptors (Lipinski definition) is 9. The maximum absolute atomic E-state index is 13.9. The summed E-state index contributed by atoms with van der Waals surface area (Å²) in [6.07, 6.45) is 1.29. The first-order valence-corrected chi connectivity index (χ1v) is 22.4. The van der Waals surface area contributed by atoms with Gasteiger partial charge in [-0.2, -0.15) is 5.10 Å². The second-order valence-corrected chi connectivity index (χ2v) is 17.4. The van der Waals surface area contributed by atoms with Crippen LogP contribution in [0.1, 0.15) is 62.6 Å². The topological polar surface area (TPSA) is 169 Å². The van der Waals surface area contributed by atoms with Gasteiger partial charge in [-0.05, 0) is 86.5 Å². The summed E-state index contributed by atoms with van der Waals surface area (Å²) in [6.45, 7) is 6.84. The van der Waals surface area contributed by atoms with Gasteiger partial charge in [-0.3, -0.25) is 34.1 Å². The summed E-state index contributed by atoms with van der Waals surface area (Å²) in [5.74, 6) is -1.78. The lowest BCUT2D eigenvalue weighted by Crippen LogP contribution is -2.52. The predicted octanol–water partition coefficient (Wildman–Crippen LogP) is 6.30. The average molecular weight is 918 g/mol. The normalized spacial score (nSPS) is 16.6. The Bertz CT molecular complexity index is 2960. The fraction of sp³-hybridized carbons (Fsp3) is 0.347. The van der Waals surface area contributed by atoms with E-state index in [1.807, 2.05) is 55.8 Å². The van der Waals surface area contributed by atoms with Gasteiger partial charge in [0.25, 0.3) is 11.8 Å². The molecule has 15 nitrogen and oxygen atoms in total. The van der Waals surface area contributed by atoms with Crippen LogP contribution in [0.25, 0.3) is 32.8 Å². The molecule has 66 heavy (non-hydrogen) atoms. The van der Waals surface area contributed by atoms with Crippen molar-refractivity contribution in [3.8, 4) is 22.6 Å². The Hall–Kier alpha value is -6.78. The van der Waals surface area contributed by atoms with Crippen molar-refractivity contribution in [1.29, 1.82) is 0 Å². The Morgan fingerprint density at radius 3 is 2.42 bits per heavy atom. The van der Waals surface area contributed by atoms with E-state index in [9.17, 15) is 33.5 Å². The number of hydrogen-bond donors (Lipinski definition) is 2. The fourth-order valence-electron chi connectivity index (χ4n) is 9.75. The largest absolute Gasteiger partial charge is 0.493 e. The zero-order chi connectivity index (χ0) is 46.4. The number of piperidine rings is 1. The lowest BCUT2D eigenvalue weighted by atomic mass is 9.98. The van der Waals surface area contributed by atoms with Crippen molar-refractivity contribution < 1.29 is 42.9 Å². The summed E-state index contributed by atoms with van der Waals surface area (Å²) in [5, 5.41) is 20.7. The van der Waals surface area contributed by atoms with Gasteiger partial charge in [-0.15, -0.1) is 0 Å². The number of fused-ring (bicyclic) bond motifs is 3. The lowest BCUT2D eigenvalue weighted by molar-refractivity contribution is -0.137. The van der Waals surface area contributed by atoms with Crippen LogP contribution in [0, 0.1) is 19.7 Å². The number of carboxylic acids is 1. The number of nitrogens with zero attached hydrogens (tertiary/aromatic N) is 6. The van der Waals surface area contributed by atoms with E-state index in [2.05, 4.69) is 15.3 Å². The van der Waals surface area contributed by atoms with Crippen molar-refractivity contribution in [2.75, 3.05) is 45.9 Å². The molecule has 2 aromatic heterocycles. The SMILES string of the molecule is Cc1nn(C)c(C)c1-c1c(Cl)ccc2c(CCCOc3cccc4cc(F)ccc34)c(C(=O)O)n(CCN3CCN(C(=O)COc4cccc5c4CN([C@H]4CCC(=O)NC4=O)C5=O)CC3)c12. The Morgan fingerprint density at radius 1 is 0.924 bits per heavy atom. The smallest absolute Gasteiger partial charge is 0.352 e. The highest BCUT2D eigenvalue weighted by atomic mass is 35.5. The van der Waals surface area contributed by atoms with E-state index in [0.29, 0.717) is 97.4 Å². The van der Waals surface area contributed by atoms with Gasteiger partial charge in [0.05, 0.1) is 29.4 Å². The highest BCUT2D eigenvalue weighted by Gasteiger charge is 2.40. The van der Waals surface area contributed by atoms with E-state index in [0.717, 1.165) is 38.7 Å². The first-order chi connectivity index (χ1) is 31.8. The summed E-state index contributed by atoms with van der Waals surface area (Å²) < 4.78 is 29.8. The highest BCUT2D eigenvalue weighted by molar-refractivity contribution is 6.35. The molecular formula is C49H49ClFN7O8. The van der Waals surface area contributed by atoms with Gasteiger partial charge >= 0.3 is 5.97 Å². The van der Waals surface area contributed by atoms with Crippen LogP contribution in [0.4, 0.5) is 4.39 Å². The molecule has 2 saturated heterocycles. The first-order valence-electron chi connectivity index (χ1n) is 22.1. The first kappa shape index (κ1) is 44.4. The molecule has 2 N–H and O–H groups in total. The van der Waals surface area contributed by atoms with Crippen LogP contribution in [0.3, 0.4) is 0 Å². The third kappa shape index (κ3) is 8.34. The van der Waals surface area contributed by atoms with Gasteiger partial charge in [0.2, 0.25) is 11.8 Å². The maximum atomic E-state index is 13.9. The number of nitrogens with one attached hydrogen (secondary N) is 1. The summed E-state index contributed by atoms with van der Waals surface area (Å²) in [5.41, 5.74) is 5.78. The molecule has 0 radical (unpaired) electrons. The van der Waals surface area contributed by atoms with Gasteiger partial charge in [-0.25, -0.2) is 9.18 Å². The molecule has 3 aliphatic rings. The lowest BCUT2D eigenvalue weighted by Gasteiger charge is -2.35. The van der Waals surface area contributed by atoms with Crippen molar-refractivity contribution in [1.82, 2.24) is 34.4 Å². The zero-order valence-corrected chi connectivity index (χ0v) is 37.6. The molecule has 5 heterocycles. The van der Waals surface area contributed by atoms with Gasteiger partial charge in [0.15, 0.2) is 6.61 Å². The van der Waals surface area contributed by atoms with E-state index in [1.165, 1.54) is 17.0 Å². The van der Waals surface area contributed by atoms with E-state index < -0.39 is 17.9 Å². The zero-order valence-electron chi connectivity index (χ0n) is 36.9. The highest BCUT2D eigenvalue weighted by Crippen LogP contribution is 2.42. The minimum atomic E-state index is -1.06. The third-order valence-electron chi connectivity index (χ3n) is 13.1. The molecule has 342 valence electrons. The monoisotopic (exact) mass is 917 g/mol. The molecule has 1 atom stereocenters. The van der Waals surface area contributed by atoms with Crippen LogP contribution >= 0.6 is 11.6 Å². The van der Waals surface area contributed by atoms with E-state index >= 15 is 0 Å². The van der Waals surface area contributed by atoms with Crippen LogP contribution in [0.2, 0.25) is 5.02 Å². The Labute approximate surface area is 384 Å². The number of aromatic nitrogens is 3. The van der Waals surface area contributed by atoms with Crippen molar-refractivity contribution in [3.05, 3.63) is 111 Å². The van der Waals surface area contributed by atoms with Crippen molar-refractivity contribution in [2.45, 2.75) is 58.7 Å². The van der Waals surface area contributed by atoms with Crippen molar-refractivity contribution in [2.24, 2.45) is 7.05 Å². The summed E-state index contributed by atoms with van der Waals surface area (Å²) in [4.78, 5) is 69.8. The van der Waals surface area contributed by atoms with Crippen LogP contribution in [-0.4, -0.2) is 116 Å². The molecule has 4 aromatic carbocycles. The molecule has 17 heteroatoms. The Kier molecular flexibility index (Phi) is 12.3. The van der Waals surface area contributed by atoms with E-state index in [1.54, 1.807) is 33.8 Å². The number of aromatic carboxylic acids is 1. The molecule has 4 amide bonds. The number of halogens is 2. The fourth-order valence-corrected chi connectivity index (χ4v) is 10.0. The van der Waals surface area contributed by atoms with Gasteiger partial charge in [0, 0.05) is 91.5 Å². The molecule has 0 unspecified atom stereocenters. The number of imide groups is 1. The molecule has 0 aliphatic carbocycles. The number of carboxylic acid groups (broad SMARTS) is 1.